The molecule has 1 aliphatic carbocycles. The first kappa shape index (κ1) is 18.4. The number of aryl methyl sites for hydroxylation is 1. The number of thiazole rings is 1. The summed E-state index contributed by atoms with van der Waals surface area (Å²) >= 11 is 1.65. The average Bonchev–Trinajstić information content (AvgIpc) is 3.07. The molecule has 0 amide bonds. The van der Waals surface area contributed by atoms with Crippen molar-refractivity contribution in [3.05, 3.63) is 58.8 Å². The summed E-state index contributed by atoms with van der Waals surface area (Å²) in [5, 5.41) is 9.97. The highest BCUT2D eigenvalue weighted by Gasteiger charge is 2.19. The first-order valence-electron chi connectivity index (χ1n) is 8.76. The molecular weight excluding hydrogens is 342 g/mol. The molecule has 0 bridgehead atoms. The lowest BCUT2D eigenvalue weighted by atomic mass is 9.93. The fourth-order valence-electron chi connectivity index (χ4n) is 3.18. The van der Waals surface area contributed by atoms with Crippen molar-refractivity contribution in [1.29, 1.82) is 5.26 Å². The summed E-state index contributed by atoms with van der Waals surface area (Å²) in [6.45, 7) is 5.91. The summed E-state index contributed by atoms with van der Waals surface area (Å²) in [7, 11) is 1.78. The van der Waals surface area contributed by atoms with Crippen molar-refractivity contribution in [2.24, 2.45) is 0 Å². The van der Waals surface area contributed by atoms with Crippen LogP contribution in [0.25, 0.3) is 6.08 Å². The minimum Gasteiger partial charge on any atom is -0.381 e. The summed E-state index contributed by atoms with van der Waals surface area (Å²) in [6.07, 6.45) is 8.55. The van der Waals surface area contributed by atoms with Crippen LogP contribution in [0.4, 0.5) is 10.8 Å². The summed E-state index contributed by atoms with van der Waals surface area (Å²) in [4.78, 5) is 8.01. The molecular formula is C21H23N3OS. The first-order valence-corrected chi connectivity index (χ1v) is 9.58. The van der Waals surface area contributed by atoms with E-state index in [1.165, 1.54) is 5.57 Å². The van der Waals surface area contributed by atoms with Crippen LogP contribution in [0.15, 0.2) is 42.6 Å². The molecule has 0 saturated heterocycles. The van der Waals surface area contributed by atoms with Gasteiger partial charge in [0.1, 0.15) is 0 Å². The largest absolute Gasteiger partial charge is 0.381 e. The third-order valence-electron chi connectivity index (χ3n) is 4.65. The van der Waals surface area contributed by atoms with Crippen molar-refractivity contribution >= 4 is 28.2 Å². The van der Waals surface area contributed by atoms with Gasteiger partial charge in [-0.05, 0) is 62.9 Å². The van der Waals surface area contributed by atoms with Crippen molar-refractivity contribution < 1.29 is 4.74 Å². The highest BCUT2D eigenvalue weighted by Crippen LogP contribution is 2.35. The van der Waals surface area contributed by atoms with Crippen LogP contribution in [0.1, 0.15) is 41.8 Å². The normalized spacial score (nSPS) is 18.5. The second-order valence-electron chi connectivity index (χ2n) is 6.41. The van der Waals surface area contributed by atoms with Gasteiger partial charge >= 0.3 is 0 Å². The SMILES string of the molecule is C=Cc1nc(N(/C=C2/CCCC(OC)C2)c2ccc(C#N)cc2)sc1C. The molecule has 1 atom stereocenters. The lowest BCUT2D eigenvalue weighted by Gasteiger charge is -2.26. The Morgan fingerprint density at radius 2 is 2.15 bits per heavy atom. The van der Waals surface area contributed by atoms with E-state index in [1.807, 2.05) is 24.3 Å². The van der Waals surface area contributed by atoms with E-state index in [9.17, 15) is 0 Å². The third-order valence-corrected chi connectivity index (χ3v) is 5.64. The number of nitriles is 1. The Morgan fingerprint density at radius 3 is 2.77 bits per heavy atom. The van der Waals surface area contributed by atoms with Crippen molar-refractivity contribution in [3.63, 3.8) is 0 Å². The van der Waals surface area contributed by atoms with E-state index >= 15 is 0 Å². The Hall–Kier alpha value is -2.42. The maximum atomic E-state index is 9.06. The van der Waals surface area contributed by atoms with Gasteiger partial charge in [0.2, 0.25) is 0 Å². The molecule has 3 rings (SSSR count). The van der Waals surface area contributed by atoms with E-state index in [4.69, 9.17) is 15.0 Å². The van der Waals surface area contributed by atoms with Crippen LogP contribution in [-0.2, 0) is 4.74 Å². The maximum Gasteiger partial charge on any atom is 0.194 e. The zero-order chi connectivity index (χ0) is 18.5. The van der Waals surface area contributed by atoms with E-state index in [0.29, 0.717) is 11.7 Å². The number of rotatable bonds is 5. The molecule has 0 radical (unpaired) electrons. The molecule has 1 saturated carbocycles. The molecule has 26 heavy (non-hydrogen) atoms. The Bertz CT molecular complexity index is 845. The van der Waals surface area contributed by atoms with Gasteiger partial charge in [-0.25, -0.2) is 4.98 Å². The van der Waals surface area contributed by atoms with Gasteiger partial charge in [-0.1, -0.05) is 12.2 Å². The van der Waals surface area contributed by atoms with Gasteiger partial charge < -0.3 is 4.74 Å². The number of aromatic nitrogens is 1. The molecule has 1 aromatic carbocycles. The monoisotopic (exact) mass is 365 g/mol. The van der Waals surface area contributed by atoms with E-state index < -0.39 is 0 Å². The van der Waals surface area contributed by atoms with Crippen LogP contribution in [0, 0.1) is 18.3 Å². The predicted octanol–water partition coefficient (Wildman–Crippen LogP) is 5.58. The fraction of sp³-hybridized carbons (Fsp3) is 0.333. The van der Waals surface area contributed by atoms with Crippen LogP contribution in [-0.4, -0.2) is 18.2 Å². The molecule has 5 heteroatoms. The number of anilines is 2. The second kappa shape index (κ2) is 8.31. The van der Waals surface area contributed by atoms with Gasteiger partial charge in [0, 0.05) is 23.9 Å². The number of ether oxygens (including phenoxy) is 1. The topological polar surface area (TPSA) is 49.2 Å². The first-order chi connectivity index (χ1) is 12.6. The van der Waals surface area contributed by atoms with Crippen molar-refractivity contribution in [3.8, 4) is 6.07 Å². The standard InChI is InChI=1S/C21H23N3OS/c1-4-20-15(2)26-21(23-20)24(18-10-8-16(13-22)9-11-18)14-17-6-5-7-19(12-17)25-3/h4,8-11,14,19H,1,5-7,12H2,2-3H3/b17-14-. The molecule has 0 spiro atoms. The molecule has 4 nitrogen and oxygen atoms in total. The molecule has 134 valence electrons. The maximum absolute atomic E-state index is 9.06. The zero-order valence-electron chi connectivity index (χ0n) is 15.2. The van der Waals surface area contributed by atoms with Gasteiger partial charge in [0.05, 0.1) is 23.4 Å². The van der Waals surface area contributed by atoms with Gasteiger partial charge in [0.15, 0.2) is 5.13 Å². The molecule has 1 aliphatic rings. The number of methoxy groups -OCH3 is 1. The van der Waals surface area contributed by atoms with Crippen LogP contribution in [0.2, 0.25) is 0 Å². The van der Waals surface area contributed by atoms with Gasteiger partial charge in [0.25, 0.3) is 0 Å². The quantitative estimate of drug-likeness (QED) is 0.694. The van der Waals surface area contributed by atoms with E-state index in [1.54, 1.807) is 24.5 Å². The zero-order valence-corrected chi connectivity index (χ0v) is 16.1. The van der Waals surface area contributed by atoms with E-state index in [0.717, 1.165) is 47.1 Å². The Labute approximate surface area is 159 Å². The van der Waals surface area contributed by atoms with Gasteiger partial charge in [-0.2, -0.15) is 5.26 Å². The number of hydrogen-bond donors (Lipinski definition) is 0. The number of hydrogen-bond acceptors (Lipinski definition) is 5. The van der Waals surface area contributed by atoms with Crippen molar-refractivity contribution in [2.75, 3.05) is 12.0 Å². The molecule has 1 unspecified atom stereocenters. The molecule has 0 N–H and O–H groups in total. The average molecular weight is 366 g/mol. The van der Waals surface area contributed by atoms with Crippen molar-refractivity contribution in [2.45, 2.75) is 38.7 Å². The van der Waals surface area contributed by atoms with Crippen LogP contribution < -0.4 is 4.90 Å². The molecule has 2 aromatic rings. The second-order valence-corrected chi connectivity index (χ2v) is 7.59. The van der Waals surface area contributed by atoms with Crippen LogP contribution in [0.3, 0.4) is 0 Å². The van der Waals surface area contributed by atoms with Crippen LogP contribution >= 0.6 is 11.3 Å². The summed E-state index contributed by atoms with van der Waals surface area (Å²) in [5.41, 5.74) is 3.93. The van der Waals surface area contributed by atoms with Crippen molar-refractivity contribution in [1.82, 2.24) is 4.98 Å². The van der Waals surface area contributed by atoms with Gasteiger partial charge in [-0.15, -0.1) is 11.3 Å². The van der Waals surface area contributed by atoms with E-state index in [-0.39, 0.29) is 0 Å². The Morgan fingerprint density at radius 1 is 1.38 bits per heavy atom. The highest BCUT2D eigenvalue weighted by atomic mass is 32.1. The minimum absolute atomic E-state index is 0.291. The fourth-order valence-corrected chi connectivity index (χ4v) is 4.09. The Balaban J connectivity index is 2.00. The lowest BCUT2D eigenvalue weighted by molar-refractivity contribution is 0.0848. The minimum atomic E-state index is 0.291. The van der Waals surface area contributed by atoms with Gasteiger partial charge in [-0.3, -0.25) is 4.90 Å². The smallest absolute Gasteiger partial charge is 0.194 e. The summed E-state index contributed by atoms with van der Waals surface area (Å²) < 4.78 is 5.56. The third kappa shape index (κ3) is 4.04. The number of benzene rings is 1. The van der Waals surface area contributed by atoms with Crippen LogP contribution in [0.5, 0.6) is 0 Å². The summed E-state index contributed by atoms with van der Waals surface area (Å²) in [6, 6.07) is 9.79. The van der Waals surface area contributed by atoms with E-state index in [2.05, 4.69) is 30.7 Å². The molecule has 1 aromatic heterocycles. The number of nitrogens with zero attached hydrogens (tertiary/aromatic N) is 3. The molecule has 1 fully saturated rings. The Kier molecular flexibility index (Phi) is 5.87. The summed E-state index contributed by atoms with van der Waals surface area (Å²) in [5.74, 6) is 0. The molecule has 1 heterocycles. The predicted molar refractivity (Wildman–Crippen MR) is 108 cm³/mol. The lowest BCUT2D eigenvalue weighted by Crippen LogP contribution is -2.18. The molecule has 0 aliphatic heterocycles. The highest BCUT2D eigenvalue weighted by molar-refractivity contribution is 7.15.